The Hall–Kier alpha value is -2.17. The minimum Gasteiger partial charge on any atom is -0.307 e. The number of aryl methyl sites for hydroxylation is 2. The monoisotopic (exact) mass is 334 g/mol. The van der Waals surface area contributed by atoms with Crippen LogP contribution in [0.5, 0.6) is 0 Å². The van der Waals surface area contributed by atoms with Crippen LogP contribution in [-0.2, 0) is 13.1 Å². The Morgan fingerprint density at radius 3 is 2.44 bits per heavy atom. The third-order valence-corrected chi connectivity index (χ3v) is 5.16. The van der Waals surface area contributed by atoms with Gasteiger partial charge in [-0.15, -0.1) is 0 Å². The number of nitrogens with zero attached hydrogens (tertiary/aromatic N) is 4. The normalized spacial score (nSPS) is 16.6. The second-order valence-corrected chi connectivity index (χ2v) is 7.18. The summed E-state index contributed by atoms with van der Waals surface area (Å²) in [5, 5.41) is 0. The van der Waals surface area contributed by atoms with E-state index in [4.69, 9.17) is 4.98 Å². The van der Waals surface area contributed by atoms with Gasteiger partial charge in [0.15, 0.2) is 0 Å². The van der Waals surface area contributed by atoms with Crippen molar-refractivity contribution >= 4 is 5.65 Å². The zero-order chi connectivity index (χ0) is 17.2. The van der Waals surface area contributed by atoms with Crippen molar-refractivity contribution in [3.63, 3.8) is 0 Å². The molecule has 1 aliphatic rings. The molecule has 0 aliphatic carbocycles. The molecular formula is C21H26N4. The zero-order valence-corrected chi connectivity index (χ0v) is 15.2. The molecule has 3 aromatic rings. The van der Waals surface area contributed by atoms with Gasteiger partial charge in [-0.2, -0.15) is 0 Å². The highest BCUT2D eigenvalue weighted by molar-refractivity contribution is 5.39. The molecule has 130 valence electrons. The van der Waals surface area contributed by atoms with Crippen LogP contribution in [0.2, 0.25) is 0 Å². The molecule has 1 saturated heterocycles. The summed E-state index contributed by atoms with van der Waals surface area (Å²) < 4.78 is 2.10. The number of piperazine rings is 1. The van der Waals surface area contributed by atoms with Gasteiger partial charge in [0.1, 0.15) is 5.65 Å². The molecule has 0 unspecified atom stereocenters. The van der Waals surface area contributed by atoms with Crippen molar-refractivity contribution in [3.05, 3.63) is 71.2 Å². The maximum atomic E-state index is 4.72. The lowest BCUT2D eigenvalue weighted by atomic mass is 10.0. The number of imidazole rings is 1. The molecular weight excluding hydrogens is 308 g/mol. The number of hydrogen-bond acceptors (Lipinski definition) is 3. The van der Waals surface area contributed by atoms with Crippen LogP contribution in [-0.4, -0.2) is 45.4 Å². The summed E-state index contributed by atoms with van der Waals surface area (Å²) in [6.07, 6.45) is 4.21. The van der Waals surface area contributed by atoms with Gasteiger partial charge in [0.2, 0.25) is 0 Å². The van der Waals surface area contributed by atoms with E-state index in [9.17, 15) is 0 Å². The van der Waals surface area contributed by atoms with Gasteiger partial charge in [0.05, 0.1) is 5.69 Å². The average Bonchev–Trinajstić information content (AvgIpc) is 3.02. The Morgan fingerprint density at radius 2 is 1.68 bits per heavy atom. The van der Waals surface area contributed by atoms with Gasteiger partial charge < -0.3 is 4.40 Å². The summed E-state index contributed by atoms with van der Waals surface area (Å²) >= 11 is 0. The molecule has 1 fully saturated rings. The molecule has 25 heavy (non-hydrogen) atoms. The smallest absolute Gasteiger partial charge is 0.137 e. The van der Waals surface area contributed by atoms with E-state index in [1.165, 1.54) is 16.7 Å². The highest BCUT2D eigenvalue weighted by atomic mass is 15.3. The molecule has 1 aliphatic heterocycles. The van der Waals surface area contributed by atoms with Crippen molar-refractivity contribution in [2.45, 2.75) is 26.9 Å². The number of aromatic nitrogens is 2. The SMILES string of the molecule is Cc1ccc(C)c(CN2CCN(Cc3cn4ccccc4n3)CC2)c1. The topological polar surface area (TPSA) is 23.8 Å². The standard InChI is InChI=1S/C21H26N4/c1-17-6-7-18(2)19(13-17)14-23-9-11-24(12-10-23)15-20-16-25-8-4-3-5-21(25)22-20/h3-8,13,16H,9-12,14-15H2,1-2H3. The summed E-state index contributed by atoms with van der Waals surface area (Å²) in [6.45, 7) is 10.9. The van der Waals surface area contributed by atoms with E-state index in [0.717, 1.165) is 50.6 Å². The van der Waals surface area contributed by atoms with Crippen molar-refractivity contribution in [1.82, 2.24) is 19.2 Å². The molecule has 0 amide bonds. The largest absolute Gasteiger partial charge is 0.307 e. The lowest BCUT2D eigenvalue weighted by Crippen LogP contribution is -2.45. The first-order valence-electron chi connectivity index (χ1n) is 9.11. The summed E-state index contributed by atoms with van der Waals surface area (Å²) in [5.74, 6) is 0. The number of benzene rings is 1. The zero-order valence-electron chi connectivity index (χ0n) is 15.2. The predicted molar refractivity (Wildman–Crippen MR) is 102 cm³/mol. The molecule has 0 N–H and O–H groups in total. The van der Waals surface area contributed by atoms with Crippen molar-refractivity contribution in [2.24, 2.45) is 0 Å². The van der Waals surface area contributed by atoms with Crippen LogP contribution in [0.15, 0.2) is 48.8 Å². The Balaban J connectivity index is 1.34. The molecule has 4 nitrogen and oxygen atoms in total. The fourth-order valence-electron chi connectivity index (χ4n) is 3.61. The van der Waals surface area contributed by atoms with E-state index in [1.807, 2.05) is 12.1 Å². The van der Waals surface area contributed by atoms with Crippen LogP contribution in [0.1, 0.15) is 22.4 Å². The number of pyridine rings is 1. The molecule has 3 heterocycles. The van der Waals surface area contributed by atoms with E-state index in [-0.39, 0.29) is 0 Å². The Morgan fingerprint density at radius 1 is 0.920 bits per heavy atom. The fourth-order valence-corrected chi connectivity index (χ4v) is 3.61. The third kappa shape index (κ3) is 3.75. The van der Waals surface area contributed by atoms with Crippen LogP contribution in [0.3, 0.4) is 0 Å². The molecule has 1 aromatic carbocycles. The maximum absolute atomic E-state index is 4.72. The summed E-state index contributed by atoms with van der Waals surface area (Å²) in [5.41, 5.74) is 6.41. The number of rotatable bonds is 4. The Kier molecular flexibility index (Phi) is 4.55. The first-order valence-corrected chi connectivity index (χ1v) is 9.11. The van der Waals surface area contributed by atoms with Crippen molar-refractivity contribution in [3.8, 4) is 0 Å². The van der Waals surface area contributed by atoms with E-state index in [1.54, 1.807) is 0 Å². The number of hydrogen-bond donors (Lipinski definition) is 0. The molecule has 2 aromatic heterocycles. The Bertz CT molecular complexity index is 826. The van der Waals surface area contributed by atoms with Gasteiger partial charge >= 0.3 is 0 Å². The quantitative estimate of drug-likeness (QED) is 0.732. The molecule has 0 saturated carbocycles. The van der Waals surface area contributed by atoms with Gasteiger partial charge in [-0.25, -0.2) is 4.98 Å². The first kappa shape index (κ1) is 16.3. The van der Waals surface area contributed by atoms with Gasteiger partial charge in [-0.05, 0) is 37.1 Å². The fraction of sp³-hybridized carbons (Fsp3) is 0.381. The van der Waals surface area contributed by atoms with E-state index >= 15 is 0 Å². The van der Waals surface area contributed by atoms with Gasteiger partial charge in [-0.3, -0.25) is 9.80 Å². The minimum absolute atomic E-state index is 0.943. The number of fused-ring (bicyclic) bond motifs is 1. The third-order valence-electron chi connectivity index (χ3n) is 5.16. The van der Waals surface area contributed by atoms with Crippen LogP contribution in [0, 0.1) is 13.8 Å². The summed E-state index contributed by atoms with van der Waals surface area (Å²) in [6, 6.07) is 12.9. The molecule has 4 rings (SSSR count). The lowest BCUT2D eigenvalue weighted by molar-refractivity contribution is 0.121. The van der Waals surface area contributed by atoms with Gasteiger partial charge in [0, 0.05) is 51.7 Å². The van der Waals surface area contributed by atoms with Crippen LogP contribution in [0.25, 0.3) is 5.65 Å². The minimum atomic E-state index is 0.943. The molecule has 0 radical (unpaired) electrons. The second-order valence-electron chi connectivity index (χ2n) is 7.18. The molecule has 0 atom stereocenters. The maximum Gasteiger partial charge on any atom is 0.137 e. The molecule has 4 heteroatoms. The summed E-state index contributed by atoms with van der Waals surface area (Å²) in [4.78, 5) is 9.81. The van der Waals surface area contributed by atoms with E-state index < -0.39 is 0 Å². The molecule has 0 spiro atoms. The predicted octanol–water partition coefficient (Wildman–Crippen LogP) is 3.27. The van der Waals surface area contributed by atoms with Crippen molar-refractivity contribution in [2.75, 3.05) is 26.2 Å². The average molecular weight is 334 g/mol. The van der Waals surface area contributed by atoms with Gasteiger partial charge in [0.25, 0.3) is 0 Å². The lowest BCUT2D eigenvalue weighted by Gasteiger charge is -2.34. The molecule has 0 bridgehead atoms. The summed E-state index contributed by atoms with van der Waals surface area (Å²) in [7, 11) is 0. The van der Waals surface area contributed by atoms with Crippen molar-refractivity contribution in [1.29, 1.82) is 0 Å². The van der Waals surface area contributed by atoms with E-state index in [2.05, 4.69) is 64.7 Å². The van der Waals surface area contributed by atoms with Crippen LogP contribution >= 0.6 is 0 Å². The highest BCUT2D eigenvalue weighted by Crippen LogP contribution is 2.16. The first-order chi connectivity index (χ1) is 12.2. The Labute approximate surface area is 149 Å². The van der Waals surface area contributed by atoms with Crippen molar-refractivity contribution < 1.29 is 0 Å². The van der Waals surface area contributed by atoms with E-state index in [0.29, 0.717) is 0 Å². The highest BCUT2D eigenvalue weighted by Gasteiger charge is 2.18. The van der Waals surface area contributed by atoms with Gasteiger partial charge in [-0.1, -0.05) is 29.8 Å². The van der Waals surface area contributed by atoms with Crippen LogP contribution < -0.4 is 0 Å². The van der Waals surface area contributed by atoms with Crippen LogP contribution in [0.4, 0.5) is 0 Å². The second kappa shape index (κ2) is 6.98.